The van der Waals surface area contributed by atoms with Gasteiger partial charge in [-0.05, 0) is 42.7 Å². The van der Waals surface area contributed by atoms with Gasteiger partial charge in [-0.25, -0.2) is 4.79 Å². The molecule has 1 aliphatic heterocycles. The summed E-state index contributed by atoms with van der Waals surface area (Å²) in [4.78, 5) is 55.1. The van der Waals surface area contributed by atoms with Crippen LogP contribution < -0.4 is 10.2 Å². The van der Waals surface area contributed by atoms with Gasteiger partial charge in [-0.1, -0.05) is 54.6 Å². The minimum absolute atomic E-state index is 0.0243. The number of piperazine rings is 1. The summed E-state index contributed by atoms with van der Waals surface area (Å²) in [6.45, 7) is 2.08. The van der Waals surface area contributed by atoms with Gasteiger partial charge in [-0.2, -0.15) is 0 Å². The third-order valence-electron chi connectivity index (χ3n) is 7.67. The molecule has 1 heterocycles. The largest absolute Gasteiger partial charge is 0.508 e. The van der Waals surface area contributed by atoms with Gasteiger partial charge in [0, 0.05) is 49.4 Å². The number of carboxylic acid groups (broad SMARTS) is 1. The summed E-state index contributed by atoms with van der Waals surface area (Å²) in [5, 5.41) is 21.9. The number of phenols is 1. The molecule has 2 aliphatic rings. The van der Waals surface area contributed by atoms with E-state index in [9.17, 15) is 29.4 Å². The van der Waals surface area contributed by atoms with Gasteiger partial charge in [0.25, 0.3) is 0 Å². The van der Waals surface area contributed by atoms with Crippen LogP contribution in [0.15, 0.2) is 78.9 Å². The van der Waals surface area contributed by atoms with Crippen LogP contribution in [0.25, 0.3) is 0 Å². The van der Waals surface area contributed by atoms with Crippen molar-refractivity contribution in [1.82, 2.24) is 10.2 Å². The molecule has 206 valence electrons. The minimum atomic E-state index is -1.22. The Hall–Kier alpha value is -4.66. The van der Waals surface area contributed by atoms with Crippen molar-refractivity contribution < 1.29 is 29.4 Å². The van der Waals surface area contributed by atoms with Crippen molar-refractivity contribution in [3.63, 3.8) is 0 Å². The number of carbonyl (C=O) groups is 4. The first-order chi connectivity index (χ1) is 19.3. The van der Waals surface area contributed by atoms with Gasteiger partial charge < -0.3 is 25.3 Å². The first-order valence-electron chi connectivity index (χ1n) is 13.3. The number of hydrogen-bond donors (Lipinski definition) is 3. The predicted octanol–water partition coefficient (Wildman–Crippen LogP) is 2.86. The summed E-state index contributed by atoms with van der Waals surface area (Å²) < 4.78 is 0. The fraction of sp³-hybridized carbons (Fsp3) is 0.290. The van der Waals surface area contributed by atoms with E-state index in [1.165, 1.54) is 0 Å². The molecule has 3 N–H and O–H groups in total. The van der Waals surface area contributed by atoms with Gasteiger partial charge in [-0.15, -0.1) is 0 Å². The second-order valence-electron chi connectivity index (χ2n) is 10.3. The molecular formula is C31H31N3O6. The van der Waals surface area contributed by atoms with E-state index in [2.05, 4.69) is 10.2 Å². The van der Waals surface area contributed by atoms with E-state index in [0.717, 1.165) is 5.69 Å². The first kappa shape index (κ1) is 26.9. The van der Waals surface area contributed by atoms with Crippen LogP contribution in [0.3, 0.4) is 0 Å². The van der Waals surface area contributed by atoms with E-state index in [4.69, 9.17) is 0 Å². The van der Waals surface area contributed by atoms with E-state index in [1.54, 1.807) is 65.6 Å². The number of nitrogens with one attached hydrogen (secondary N) is 1. The summed E-state index contributed by atoms with van der Waals surface area (Å²) in [6.07, 6.45) is 0.799. The number of aromatic hydroxyl groups is 1. The molecule has 1 saturated carbocycles. The summed E-state index contributed by atoms with van der Waals surface area (Å²) >= 11 is 0. The lowest BCUT2D eigenvalue weighted by molar-refractivity contribution is -0.148. The highest BCUT2D eigenvalue weighted by Gasteiger charge is 2.58. The Labute approximate surface area is 232 Å². The van der Waals surface area contributed by atoms with Gasteiger partial charge in [0.1, 0.15) is 17.2 Å². The molecule has 3 aromatic rings. The predicted molar refractivity (Wildman–Crippen MR) is 148 cm³/mol. The van der Waals surface area contributed by atoms with Crippen molar-refractivity contribution in [2.24, 2.45) is 5.41 Å². The van der Waals surface area contributed by atoms with Crippen LogP contribution in [0.2, 0.25) is 0 Å². The number of carboxylic acids is 1. The summed E-state index contributed by atoms with van der Waals surface area (Å²) in [5.74, 6) is -1.95. The fourth-order valence-electron chi connectivity index (χ4n) is 5.08. The van der Waals surface area contributed by atoms with E-state index in [1.807, 2.05) is 18.2 Å². The van der Waals surface area contributed by atoms with Crippen molar-refractivity contribution in [2.75, 3.05) is 31.1 Å². The highest BCUT2D eigenvalue weighted by Crippen LogP contribution is 2.48. The van der Waals surface area contributed by atoms with Crippen molar-refractivity contribution in [2.45, 2.75) is 25.3 Å². The maximum atomic E-state index is 13.4. The third kappa shape index (κ3) is 5.68. The van der Waals surface area contributed by atoms with E-state index in [-0.39, 0.29) is 23.9 Å². The van der Waals surface area contributed by atoms with E-state index >= 15 is 0 Å². The average molecular weight is 542 g/mol. The Bertz CT molecular complexity index is 1390. The highest BCUT2D eigenvalue weighted by molar-refractivity contribution is 6.09. The second-order valence-corrected chi connectivity index (χ2v) is 10.3. The number of ketones is 1. The molecule has 0 aromatic heterocycles. The molecule has 0 unspecified atom stereocenters. The molecule has 1 aliphatic carbocycles. The number of aliphatic carboxylic acids is 1. The van der Waals surface area contributed by atoms with Gasteiger partial charge in [0.05, 0.1) is 0 Å². The minimum Gasteiger partial charge on any atom is -0.508 e. The molecule has 0 bridgehead atoms. The smallest absolute Gasteiger partial charge is 0.326 e. The summed E-state index contributed by atoms with van der Waals surface area (Å²) in [7, 11) is 0. The zero-order valence-corrected chi connectivity index (χ0v) is 22.0. The molecule has 5 rings (SSSR count). The standard InChI is InChI=1S/C31H31N3O6/c35-25-12-10-24(11-13-25)33-16-18-34(19-17-33)30(40)31(14-15-31)29(39)32-26(28(37)38)20-21-6-8-23(9-7-21)27(36)22-4-2-1-3-5-22/h1-13,26,35H,14-20H2,(H,32,39)(H,37,38)/t26-/m0/s1. The van der Waals surface area contributed by atoms with Crippen LogP contribution in [0, 0.1) is 5.41 Å². The monoisotopic (exact) mass is 541 g/mol. The van der Waals surface area contributed by atoms with Crippen LogP contribution in [-0.2, 0) is 20.8 Å². The van der Waals surface area contributed by atoms with Crippen molar-refractivity contribution in [3.8, 4) is 5.75 Å². The Morgan fingerprint density at radius 2 is 1.40 bits per heavy atom. The maximum Gasteiger partial charge on any atom is 0.326 e. The molecule has 0 radical (unpaired) electrons. The Balaban J connectivity index is 1.18. The normalized spacial score (nSPS) is 16.6. The number of hydrogen-bond acceptors (Lipinski definition) is 6. The molecule has 9 heteroatoms. The third-order valence-corrected chi connectivity index (χ3v) is 7.67. The fourth-order valence-corrected chi connectivity index (χ4v) is 5.08. The van der Waals surface area contributed by atoms with Gasteiger partial charge in [0.2, 0.25) is 11.8 Å². The van der Waals surface area contributed by atoms with E-state index < -0.39 is 23.3 Å². The van der Waals surface area contributed by atoms with Crippen molar-refractivity contribution >= 4 is 29.3 Å². The molecule has 3 aromatic carbocycles. The maximum absolute atomic E-state index is 13.4. The Morgan fingerprint density at radius 1 is 0.800 bits per heavy atom. The topological polar surface area (TPSA) is 127 Å². The van der Waals surface area contributed by atoms with Gasteiger partial charge in [-0.3, -0.25) is 14.4 Å². The number of amides is 2. The number of nitrogens with zero attached hydrogens (tertiary/aromatic N) is 2. The lowest BCUT2D eigenvalue weighted by Gasteiger charge is -2.37. The molecule has 2 amide bonds. The summed E-state index contributed by atoms with van der Waals surface area (Å²) in [6, 6.07) is 21.2. The molecule has 40 heavy (non-hydrogen) atoms. The molecule has 9 nitrogen and oxygen atoms in total. The highest BCUT2D eigenvalue weighted by atomic mass is 16.4. The number of anilines is 1. The van der Waals surface area contributed by atoms with Crippen LogP contribution in [0.4, 0.5) is 5.69 Å². The lowest BCUT2D eigenvalue weighted by atomic mass is 9.98. The SMILES string of the molecule is O=C(c1ccccc1)c1ccc(C[C@H](NC(=O)C2(C(=O)N3CCN(c4ccc(O)cc4)CC3)CC2)C(=O)O)cc1. The van der Waals surface area contributed by atoms with Crippen LogP contribution in [0.5, 0.6) is 5.75 Å². The lowest BCUT2D eigenvalue weighted by Crippen LogP contribution is -2.55. The average Bonchev–Trinajstić information content (AvgIpc) is 3.80. The first-order valence-corrected chi connectivity index (χ1v) is 13.3. The Morgan fingerprint density at radius 3 is 1.98 bits per heavy atom. The van der Waals surface area contributed by atoms with Crippen LogP contribution in [0.1, 0.15) is 34.3 Å². The van der Waals surface area contributed by atoms with Crippen LogP contribution in [-0.4, -0.2) is 70.9 Å². The van der Waals surface area contributed by atoms with E-state index in [0.29, 0.717) is 55.7 Å². The zero-order chi connectivity index (χ0) is 28.3. The molecular weight excluding hydrogens is 510 g/mol. The molecule has 2 fully saturated rings. The zero-order valence-electron chi connectivity index (χ0n) is 22.0. The number of carbonyl (C=O) groups excluding carboxylic acids is 3. The second kappa shape index (κ2) is 11.2. The number of rotatable bonds is 9. The number of benzene rings is 3. The molecule has 0 spiro atoms. The van der Waals surface area contributed by atoms with Crippen molar-refractivity contribution in [3.05, 3.63) is 95.6 Å². The van der Waals surface area contributed by atoms with Crippen LogP contribution >= 0.6 is 0 Å². The quantitative estimate of drug-likeness (QED) is 0.281. The van der Waals surface area contributed by atoms with Gasteiger partial charge >= 0.3 is 5.97 Å². The Kier molecular flexibility index (Phi) is 7.55. The molecule has 1 saturated heterocycles. The summed E-state index contributed by atoms with van der Waals surface area (Å²) in [5.41, 5.74) is 1.43. The van der Waals surface area contributed by atoms with Gasteiger partial charge in [0.15, 0.2) is 5.78 Å². The molecule has 1 atom stereocenters. The number of phenolic OH excluding ortho intramolecular Hbond substituents is 1. The van der Waals surface area contributed by atoms with Crippen molar-refractivity contribution in [1.29, 1.82) is 0 Å².